The molecule has 1 aliphatic rings. The molecule has 0 amide bonds. The molecule has 122 valence electrons. The van der Waals surface area contributed by atoms with Crippen LogP contribution in [0.5, 0.6) is 0 Å². The van der Waals surface area contributed by atoms with Crippen LogP contribution in [-0.2, 0) is 19.1 Å². The predicted octanol–water partition coefficient (Wildman–Crippen LogP) is 2.05. The van der Waals surface area contributed by atoms with Gasteiger partial charge >= 0.3 is 11.9 Å². The van der Waals surface area contributed by atoms with Gasteiger partial charge in [0.1, 0.15) is 5.70 Å². The van der Waals surface area contributed by atoms with Crippen LogP contribution in [0.15, 0.2) is 60.1 Å². The van der Waals surface area contributed by atoms with Crippen LogP contribution in [0.25, 0.3) is 10.9 Å². The number of carbonyl (C=O) groups excluding carboxylic acids is 2. The first kappa shape index (κ1) is 15.5. The summed E-state index contributed by atoms with van der Waals surface area (Å²) < 4.78 is 9.65. The molecule has 7 heteroatoms. The molecule has 2 aromatic rings. The number of hydrogen-bond donors (Lipinski definition) is 1. The molecule has 1 aromatic heterocycles. The monoisotopic (exact) mass is 325 g/mol. The van der Waals surface area contributed by atoms with Gasteiger partial charge in [0.15, 0.2) is 0 Å². The Bertz CT molecular complexity index is 892. The van der Waals surface area contributed by atoms with Gasteiger partial charge in [0, 0.05) is 17.3 Å². The topological polar surface area (TPSA) is 84.5 Å². The summed E-state index contributed by atoms with van der Waals surface area (Å²) in [7, 11) is 2.53. The molecule has 0 fully saturated rings. The lowest BCUT2D eigenvalue weighted by Gasteiger charge is -2.23. The number of aromatic amines is 1. The lowest BCUT2D eigenvalue weighted by atomic mass is 10.1. The van der Waals surface area contributed by atoms with Gasteiger partial charge in [0.2, 0.25) is 0 Å². The maximum atomic E-state index is 12.3. The quantitative estimate of drug-likeness (QED) is 0.870. The van der Waals surface area contributed by atoms with E-state index in [0.717, 1.165) is 10.9 Å². The molecule has 0 radical (unpaired) electrons. The Kier molecular flexibility index (Phi) is 4.15. The van der Waals surface area contributed by atoms with Crippen LogP contribution in [0, 0.1) is 0 Å². The molecule has 0 saturated heterocycles. The number of nitrogens with zero attached hydrogens (tertiary/aromatic N) is 2. The Hall–Kier alpha value is -3.35. The van der Waals surface area contributed by atoms with Crippen molar-refractivity contribution in [2.45, 2.75) is 0 Å². The van der Waals surface area contributed by atoms with Crippen molar-refractivity contribution in [3.63, 3.8) is 0 Å². The van der Waals surface area contributed by atoms with Crippen LogP contribution in [0.3, 0.4) is 0 Å². The molecule has 0 saturated carbocycles. The minimum Gasteiger partial charge on any atom is -0.465 e. The van der Waals surface area contributed by atoms with Crippen LogP contribution in [0.2, 0.25) is 0 Å². The largest absolute Gasteiger partial charge is 0.465 e. The van der Waals surface area contributed by atoms with Crippen molar-refractivity contribution in [2.75, 3.05) is 19.1 Å². The Labute approximate surface area is 137 Å². The third-order valence-electron chi connectivity index (χ3n) is 3.59. The molecule has 3 rings (SSSR count). The molecular formula is C17H15N3O4. The first-order valence-corrected chi connectivity index (χ1v) is 7.14. The second-order valence-corrected chi connectivity index (χ2v) is 4.96. The molecule has 0 unspecified atom stereocenters. The predicted molar refractivity (Wildman–Crippen MR) is 87.9 cm³/mol. The van der Waals surface area contributed by atoms with E-state index in [1.165, 1.54) is 20.3 Å². The van der Waals surface area contributed by atoms with Crippen LogP contribution >= 0.6 is 0 Å². The van der Waals surface area contributed by atoms with Gasteiger partial charge in [-0.25, -0.2) is 9.59 Å². The Morgan fingerprint density at radius 2 is 1.92 bits per heavy atom. The second kappa shape index (κ2) is 6.41. The SMILES string of the molecule is COC(=O)C1=C(C(=O)OC)N(c2ccc3[nH]ncc3c2)C=CC=C1. The highest BCUT2D eigenvalue weighted by Gasteiger charge is 2.27. The van der Waals surface area contributed by atoms with Gasteiger partial charge in [-0.3, -0.25) is 5.10 Å². The molecule has 0 bridgehead atoms. The van der Waals surface area contributed by atoms with Crippen molar-refractivity contribution in [3.8, 4) is 0 Å². The Morgan fingerprint density at radius 3 is 2.67 bits per heavy atom. The Morgan fingerprint density at radius 1 is 1.12 bits per heavy atom. The molecule has 24 heavy (non-hydrogen) atoms. The molecule has 0 aliphatic carbocycles. The number of rotatable bonds is 3. The molecule has 0 atom stereocenters. The number of fused-ring (bicyclic) bond motifs is 1. The maximum Gasteiger partial charge on any atom is 0.355 e. The summed E-state index contributed by atoms with van der Waals surface area (Å²) in [5, 5.41) is 7.72. The van der Waals surface area contributed by atoms with E-state index in [2.05, 4.69) is 10.2 Å². The number of H-pyrrole nitrogens is 1. The third kappa shape index (κ3) is 2.67. The highest BCUT2D eigenvalue weighted by molar-refractivity contribution is 6.05. The number of ether oxygens (including phenoxy) is 2. The van der Waals surface area contributed by atoms with Crippen LogP contribution in [0.4, 0.5) is 5.69 Å². The zero-order valence-electron chi connectivity index (χ0n) is 13.1. The molecule has 7 nitrogen and oxygen atoms in total. The summed E-state index contributed by atoms with van der Waals surface area (Å²) in [5.41, 5.74) is 1.75. The normalized spacial score (nSPS) is 14.0. The number of carbonyl (C=O) groups is 2. The van der Waals surface area contributed by atoms with Crippen LogP contribution in [0.1, 0.15) is 0 Å². The van der Waals surface area contributed by atoms with E-state index < -0.39 is 11.9 Å². The van der Waals surface area contributed by atoms with Crippen LogP contribution in [-0.4, -0.2) is 36.4 Å². The zero-order chi connectivity index (χ0) is 17.1. The zero-order valence-corrected chi connectivity index (χ0v) is 13.1. The Balaban J connectivity index is 2.18. The lowest BCUT2D eigenvalue weighted by Crippen LogP contribution is -2.26. The van der Waals surface area contributed by atoms with Gasteiger partial charge in [0.25, 0.3) is 0 Å². The van der Waals surface area contributed by atoms with Gasteiger partial charge in [-0.05, 0) is 30.4 Å². The summed E-state index contributed by atoms with van der Waals surface area (Å²) in [6.07, 6.45) is 8.26. The fourth-order valence-corrected chi connectivity index (χ4v) is 2.45. The number of anilines is 1. The molecule has 1 aromatic carbocycles. The lowest BCUT2D eigenvalue weighted by molar-refractivity contribution is -0.139. The fraction of sp³-hybridized carbons (Fsp3) is 0.118. The van der Waals surface area contributed by atoms with Gasteiger partial charge < -0.3 is 14.4 Å². The fourth-order valence-electron chi connectivity index (χ4n) is 2.45. The summed E-state index contributed by atoms with van der Waals surface area (Å²) in [4.78, 5) is 26.0. The van der Waals surface area contributed by atoms with Gasteiger partial charge in [0.05, 0.1) is 31.5 Å². The van der Waals surface area contributed by atoms with Crippen molar-refractivity contribution in [3.05, 3.63) is 60.1 Å². The van der Waals surface area contributed by atoms with Crippen LogP contribution < -0.4 is 4.90 Å². The highest BCUT2D eigenvalue weighted by Crippen LogP contribution is 2.28. The first-order valence-electron chi connectivity index (χ1n) is 7.14. The van der Waals surface area contributed by atoms with E-state index in [9.17, 15) is 9.59 Å². The standard InChI is InChI=1S/C17H15N3O4/c1-23-16(21)13-5-3-4-8-20(15(13)17(22)24-2)12-6-7-14-11(9-12)10-18-19-14/h3-10H,1-2H3,(H,18,19). The van der Waals surface area contributed by atoms with Gasteiger partial charge in [-0.2, -0.15) is 5.10 Å². The number of methoxy groups -OCH3 is 2. The van der Waals surface area contributed by atoms with Crippen molar-refractivity contribution in [1.82, 2.24) is 10.2 Å². The van der Waals surface area contributed by atoms with Gasteiger partial charge in [-0.15, -0.1) is 0 Å². The number of allylic oxidation sites excluding steroid dienone is 2. The van der Waals surface area contributed by atoms with Crippen molar-refractivity contribution >= 4 is 28.5 Å². The summed E-state index contributed by atoms with van der Waals surface area (Å²) in [6, 6.07) is 5.51. The van der Waals surface area contributed by atoms with E-state index in [1.54, 1.807) is 29.4 Å². The molecule has 1 N–H and O–H groups in total. The number of aromatic nitrogens is 2. The minimum atomic E-state index is -0.640. The minimum absolute atomic E-state index is 0.0807. The smallest absolute Gasteiger partial charge is 0.355 e. The third-order valence-corrected chi connectivity index (χ3v) is 3.59. The van der Waals surface area contributed by atoms with E-state index in [1.807, 2.05) is 18.2 Å². The number of esters is 2. The summed E-state index contributed by atoms with van der Waals surface area (Å²) in [5.74, 6) is -1.26. The molecular weight excluding hydrogens is 310 g/mol. The van der Waals surface area contributed by atoms with Crippen molar-refractivity contribution in [2.24, 2.45) is 0 Å². The molecule has 2 heterocycles. The number of nitrogens with one attached hydrogen (secondary N) is 1. The molecule has 1 aliphatic heterocycles. The summed E-state index contributed by atoms with van der Waals surface area (Å²) >= 11 is 0. The van der Waals surface area contributed by atoms with E-state index >= 15 is 0 Å². The number of hydrogen-bond acceptors (Lipinski definition) is 6. The van der Waals surface area contributed by atoms with E-state index in [4.69, 9.17) is 9.47 Å². The van der Waals surface area contributed by atoms with E-state index in [-0.39, 0.29) is 11.3 Å². The van der Waals surface area contributed by atoms with Gasteiger partial charge in [-0.1, -0.05) is 6.08 Å². The second-order valence-electron chi connectivity index (χ2n) is 4.96. The maximum absolute atomic E-state index is 12.3. The van der Waals surface area contributed by atoms with Crippen molar-refractivity contribution in [1.29, 1.82) is 0 Å². The first-order chi connectivity index (χ1) is 11.7. The highest BCUT2D eigenvalue weighted by atomic mass is 16.5. The number of benzene rings is 1. The average molecular weight is 325 g/mol. The molecule has 0 spiro atoms. The van der Waals surface area contributed by atoms with E-state index in [0.29, 0.717) is 5.69 Å². The summed E-state index contributed by atoms with van der Waals surface area (Å²) in [6.45, 7) is 0. The van der Waals surface area contributed by atoms with Crippen molar-refractivity contribution < 1.29 is 19.1 Å². The average Bonchev–Trinajstić information content (AvgIpc) is 2.97.